The zero-order valence-corrected chi connectivity index (χ0v) is 12.7. The Balaban J connectivity index is -0.000000409. The minimum absolute atomic E-state index is 0. The van der Waals surface area contributed by atoms with Gasteiger partial charge in [-0.15, -0.1) is 5.10 Å². The van der Waals surface area contributed by atoms with Crippen LogP contribution >= 0.6 is 0 Å². The second-order valence-electron chi connectivity index (χ2n) is 3.54. The topological polar surface area (TPSA) is 30.7 Å². The number of unbranched alkanes of at least 4 members (excludes halogenated alkanes) is 4. The maximum Gasteiger partial charge on any atom is 0.0796 e. The lowest BCUT2D eigenvalue weighted by molar-refractivity contribution is 0.521. The Labute approximate surface area is 115 Å². The fraction of sp³-hybridized carbons (Fsp3) is 0.867. The van der Waals surface area contributed by atoms with Gasteiger partial charge in [0.05, 0.1) is 5.69 Å². The summed E-state index contributed by atoms with van der Waals surface area (Å²) in [5.74, 6) is 0. The van der Waals surface area contributed by atoms with Crippen molar-refractivity contribution >= 4 is 0 Å². The molecular weight excluding hydrogens is 222 g/mol. The molecule has 0 N–H and O–H groups in total. The number of aryl methyl sites for hydroxylation is 2. The number of nitrogens with zero attached hydrogens (tertiary/aromatic N) is 3. The van der Waals surface area contributed by atoms with E-state index in [2.05, 4.69) is 17.2 Å². The number of aromatic nitrogens is 3. The van der Waals surface area contributed by atoms with Crippen LogP contribution in [0.25, 0.3) is 0 Å². The van der Waals surface area contributed by atoms with E-state index < -0.39 is 0 Å². The van der Waals surface area contributed by atoms with E-state index >= 15 is 0 Å². The molecule has 0 spiro atoms. The first-order valence-corrected chi connectivity index (χ1v) is 7.19. The molecule has 1 heterocycles. The third kappa shape index (κ3) is 13.2. The summed E-state index contributed by atoms with van der Waals surface area (Å²) in [6.45, 7) is 13.2. The van der Waals surface area contributed by atoms with Crippen LogP contribution in [0.1, 0.15) is 79.8 Å². The van der Waals surface area contributed by atoms with Crippen LogP contribution in [0.5, 0.6) is 0 Å². The Kier molecular flexibility index (Phi) is 23.0. The average Bonchev–Trinajstić information content (AvgIpc) is 2.80. The second kappa shape index (κ2) is 18.5. The van der Waals surface area contributed by atoms with Crippen molar-refractivity contribution < 1.29 is 0 Å². The lowest BCUT2D eigenvalue weighted by Crippen LogP contribution is -1.98. The van der Waals surface area contributed by atoms with E-state index in [1.54, 1.807) is 0 Å². The summed E-state index contributed by atoms with van der Waals surface area (Å²) in [5.41, 5.74) is 1.01. The van der Waals surface area contributed by atoms with Crippen molar-refractivity contribution in [2.45, 2.75) is 87.6 Å². The van der Waals surface area contributed by atoms with Crippen LogP contribution in [0.4, 0.5) is 0 Å². The lowest BCUT2D eigenvalue weighted by Gasteiger charge is -1.99. The SMILES string of the molecule is C.CC.CC.CCCCCCCn1cc(C)nn1. The van der Waals surface area contributed by atoms with Gasteiger partial charge < -0.3 is 0 Å². The maximum absolute atomic E-state index is 4.00. The van der Waals surface area contributed by atoms with Crippen LogP contribution in [-0.4, -0.2) is 15.0 Å². The molecule has 0 aliphatic carbocycles. The highest BCUT2D eigenvalue weighted by molar-refractivity contribution is 4.86. The molecule has 0 fully saturated rings. The Hall–Kier alpha value is -0.860. The summed E-state index contributed by atoms with van der Waals surface area (Å²) in [5, 5.41) is 7.94. The molecule has 0 atom stereocenters. The van der Waals surface area contributed by atoms with Crippen molar-refractivity contribution in [3.8, 4) is 0 Å². The number of rotatable bonds is 6. The standard InChI is InChI=1S/C10H19N3.2C2H6.CH4/c1-3-4-5-6-7-8-13-9-10(2)11-12-13;2*1-2;/h9H,3-8H2,1-2H3;2*1-2H3;1H4. The first kappa shape index (κ1) is 22.3. The van der Waals surface area contributed by atoms with Gasteiger partial charge in [0.2, 0.25) is 0 Å². The van der Waals surface area contributed by atoms with Crippen LogP contribution < -0.4 is 0 Å². The summed E-state index contributed by atoms with van der Waals surface area (Å²) < 4.78 is 1.93. The quantitative estimate of drug-likeness (QED) is 0.652. The third-order valence-corrected chi connectivity index (χ3v) is 2.14. The van der Waals surface area contributed by atoms with Crippen LogP contribution in [0, 0.1) is 6.92 Å². The molecule has 0 amide bonds. The van der Waals surface area contributed by atoms with Crippen molar-refractivity contribution in [1.29, 1.82) is 0 Å². The van der Waals surface area contributed by atoms with Gasteiger partial charge in [-0.25, -0.2) is 0 Å². The minimum Gasteiger partial charge on any atom is -0.252 e. The van der Waals surface area contributed by atoms with Crippen LogP contribution in [0.2, 0.25) is 0 Å². The summed E-state index contributed by atoms with van der Waals surface area (Å²) in [7, 11) is 0. The van der Waals surface area contributed by atoms with Gasteiger partial charge in [0.25, 0.3) is 0 Å². The van der Waals surface area contributed by atoms with Gasteiger partial charge in [-0.3, -0.25) is 4.68 Å². The van der Waals surface area contributed by atoms with Gasteiger partial charge in [-0.2, -0.15) is 0 Å². The molecular formula is C15H35N3. The predicted octanol–water partition coefficient (Wildman–Crippen LogP) is 5.25. The van der Waals surface area contributed by atoms with Crippen molar-refractivity contribution in [3.05, 3.63) is 11.9 Å². The normalized spacial score (nSPS) is 8.33. The number of hydrogen-bond donors (Lipinski definition) is 0. The first-order chi connectivity index (χ1) is 8.33. The molecule has 3 nitrogen and oxygen atoms in total. The van der Waals surface area contributed by atoms with E-state index in [0.717, 1.165) is 12.2 Å². The van der Waals surface area contributed by atoms with Gasteiger partial charge in [0, 0.05) is 12.7 Å². The average molecular weight is 257 g/mol. The third-order valence-electron chi connectivity index (χ3n) is 2.14. The molecule has 0 aliphatic heterocycles. The predicted molar refractivity (Wildman–Crippen MR) is 82.9 cm³/mol. The largest absolute Gasteiger partial charge is 0.252 e. The van der Waals surface area contributed by atoms with Crippen molar-refractivity contribution in [2.75, 3.05) is 0 Å². The monoisotopic (exact) mass is 257 g/mol. The van der Waals surface area contributed by atoms with E-state index in [0.29, 0.717) is 0 Å². The lowest BCUT2D eigenvalue weighted by atomic mass is 10.1. The van der Waals surface area contributed by atoms with E-state index in [1.165, 1.54) is 32.1 Å². The van der Waals surface area contributed by atoms with E-state index in [4.69, 9.17) is 0 Å². The molecule has 1 rings (SSSR count). The molecule has 110 valence electrons. The van der Waals surface area contributed by atoms with Gasteiger partial charge in [-0.05, 0) is 13.3 Å². The highest BCUT2D eigenvalue weighted by atomic mass is 15.4. The fourth-order valence-corrected chi connectivity index (χ4v) is 1.38. The highest BCUT2D eigenvalue weighted by Gasteiger charge is 1.94. The van der Waals surface area contributed by atoms with Crippen LogP contribution in [-0.2, 0) is 6.54 Å². The van der Waals surface area contributed by atoms with Crippen LogP contribution in [0.15, 0.2) is 6.20 Å². The molecule has 0 bridgehead atoms. The molecule has 3 heteroatoms. The zero-order valence-electron chi connectivity index (χ0n) is 12.7. The zero-order chi connectivity index (χ0) is 13.5. The fourth-order valence-electron chi connectivity index (χ4n) is 1.38. The Bertz CT molecular complexity index is 231. The summed E-state index contributed by atoms with van der Waals surface area (Å²) in [6.07, 6.45) is 8.55. The molecule has 0 unspecified atom stereocenters. The smallest absolute Gasteiger partial charge is 0.0796 e. The van der Waals surface area contributed by atoms with Crippen molar-refractivity contribution in [1.82, 2.24) is 15.0 Å². The van der Waals surface area contributed by atoms with Crippen molar-refractivity contribution in [3.63, 3.8) is 0 Å². The molecule has 0 saturated carbocycles. The molecule has 1 aromatic heterocycles. The van der Waals surface area contributed by atoms with Crippen molar-refractivity contribution in [2.24, 2.45) is 0 Å². The Morgan fingerprint density at radius 3 is 2.00 bits per heavy atom. The Morgan fingerprint density at radius 2 is 1.56 bits per heavy atom. The highest BCUT2D eigenvalue weighted by Crippen LogP contribution is 2.03. The van der Waals surface area contributed by atoms with Gasteiger partial charge in [-0.1, -0.05) is 72.9 Å². The Morgan fingerprint density at radius 1 is 1.00 bits per heavy atom. The van der Waals surface area contributed by atoms with Gasteiger partial charge in [0.1, 0.15) is 0 Å². The molecule has 0 aliphatic rings. The molecule has 18 heavy (non-hydrogen) atoms. The summed E-state index contributed by atoms with van der Waals surface area (Å²) in [6, 6.07) is 0. The molecule has 1 aromatic rings. The first-order valence-electron chi connectivity index (χ1n) is 7.19. The maximum atomic E-state index is 4.00. The molecule has 0 radical (unpaired) electrons. The van der Waals surface area contributed by atoms with Gasteiger partial charge >= 0.3 is 0 Å². The molecule has 0 saturated heterocycles. The van der Waals surface area contributed by atoms with E-state index in [-0.39, 0.29) is 7.43 Å². The number of hydrogen-bond acceptors (Lipinski definition) is 2. The summed E-state index contributed by atoms with van der Waals surface area (Å²) >= 11 is 0. The summed E-state index contributed by atoms with van der Waals surface area (Å²) in [4.78, 5) is 0. The molecule has 0 aromatic carbocycles. The van der Waals surface area contributed by atoms with Gasteiger partial charge in [0.15, 0.2) is 0 Å². The van der Waals surface area contributed by atoms with E-state index in [9.17, 15) is 0 Å². The second-order valence-corrected chi connectivity index (χ2v) is 3.54. The minimum atomic E-state index is 0. The van der Waals surface area contributed by atoms with Crippen LogP contribution in [0.3, 0.4) is 0 Å². The van der Waals surface area contributed by atoms with E-state index in [1.807, 2.05) is 45.5 Å².